The summed E-state index contributed by atoms with van der Waals surface area (Å²) in [5.74, 6) is -1.20. The van der Waals surface area contributed by atoms with E-state index >= 15 is 0 Å². The number of carbonyl (C=O) groups is 1. The van der Waals surface area contributed by atoms with Gasteiger partial charge in [-0.05, 0) is 36.2 Å². The standard InChI is InChI=1S/C18H15F6NO2/c19-16(17(20,21)22)18(23,24)27-14-8-6-13(7-9-14)15(26)25-11-10-12-4-2-1-3-5-12/h1-9,16H,10-11H2,(H,25,26). The number of halogens is 6. The van der Waals surface area contributed by atoms with E-state index in [9.17, 15) is 31.1 Å². The van der Waals surface area contributed by atoms with Crippen LogP contribution >= 0.6 is 0 Å². The summed E-state index contributed by atoms with van der Waals surface area (Å²) in [4.78, 5) is 12.0. The van der Waals surface area contributed by atoms with E-state index in [1.807, 2.05) is 30.3 Å². The number of carbonyl (C=O) groups excluding carboxylic acids is 1. The van der Waals surface area contributed by atoms with E-state index in [0.717, 1.165) is 29.8 Å². The largest absolute Gasteiger partial charge is 0.439 e. The highest BCUT2D eigenvalue weighted by Gasteiger charge is 2.59. The van der Waals surface area contributed by atoms with Crippen molar-refractivity contribution in [2.75, 3.05) is 6.54 Å². The Morgan fingerprint density at radius 1 is 0.963 bits per heavy atom. The highest BCUT2D eigenvalue weighted by Crippen LogP contribution is 2.36. The lowest BCUT2D eigenvalue weighted by Crippen LogP contribution is -2.45. The third kappa shape index (κ3) is 5.90. The minimum Gasteiger partial charge on any atom is -0.430 e. The molecule has 0 bridgehead atoms. The Kier molecular flexibility index (Phi) is 6.35. The first-order valence-corrected chi connectivity index (χ1v) is 7.79. The zero-order valence-electron chi connectivity index (χ0n) is 13.8. The number of amides is 1. The van der Waals surface area contributed by atoms with Gasteiger partial charge in [0.1, 0.15) is 5.75 Å². The summed E-state index contributed by atoms with van der Waals surface area (Å²) in [5.41, 5.74) is 1.10. The van der Waals surface area contributed by atoms with Crippen molar-refractivity contribution in [1.82, 2.24) is 5.32 Å². The normalized spacial score (nSPS) is 13.1. The van der Waals surface area contributed by atoms with Crippen LogP contribution in [0.25, 0.3) is 0 Å². The summed E-state index contributed by atoms with van der Waals surface area (Å²) in [6, 6.07) is 13.2. The Bertz CT molecular complexity index is 747. The fourth-order valence-corrected chi connectivity index (χ4v) is 2.14. The Labute approximate surface area is 150 Å². The second-order valence-electron chi connectivity index (χ2n) is 5.58. The number of rotatable bonds is 7. The number of benzene rings is 2. The van der Waals surface area contributed by atoms with Gasteiger partial charge in [-0.25, -0.2) is 4.39 Å². The predicted octanol–water partition coefficient (Wildman–Crippen LogP) is 4.53. The SMILES string of the molecule is O=C(NCCc1ccccc1)c1ccc(OC(F)(F)C(F)C(F)(F)F)cc1. The molecule has 3 nitrogen and oxygen atoms in total. The van der Waals surface area contributed by atoms with Crippen LogP contribution in [0, 0.1) is 0 Å². The molecule has 1 N–H and O–H groups in total. The summed E-state index contributed by atoms with van der Waals surface area (Å²) in [7, 11) is 0. The van der Waals surface area contributed by atoms with Gasteiger partial charge in [0, 0.05) is 12.1 Å². The smallest absolute Gasteiger partial charge is 0.430 e. The first kappa shape index (κ1) is 20.6. The predicted molar refractivity (Wildman–Crippen MR) is 85.4 cm³/mol. The number of nitrogens with one attached hydrogen (secondary N) is 1. The maximum atomic E-state index is 13.2. The third-order valence-electron chi connectivity index (χ3n) is 3.49. The molecule has 0 aliphatic carbocycles. The Balaban J connectivity index is 1.91. The van der Waals surface area contributed by atoms with Crippen molar-refractivity contribution in [2.45, 2.75) is 24.9 Å². The van der Waals surface area contributed by atoms with Crippen molar-refractivity contribution >= 4 is 5.91 Å². The first-order chi connectivity index (χ1) is 12.6. The van der Waals surface area contributed by atoms with Gasteiger partial charge in [0.2, 0.25) is 0 Å². The van der Waals surface area contributed by atoms with E-state index in [1.54, 1.807) is 0 Å². The van der Waals surface area contributed by atoms with Crippen LogP contribution in [0.4, 0.5) is 26.3 Å². The van der Waals surface area contributed by atoms with E-state index in [0.29, 0.717) is 13.0 Å². The van der Waals surface area contributed by atoms with Gasteiger partial charge < -0.3 is 10.1 Å². The lowest BCUT2D eigenvalue weighted by Gasteiger charge is -2.23. The molecular formula is C18H15F6NO2. The number of ether oxygens (including phenoxy) is 1. The topological polar surface area (TPSA) is 38.3 Å². The lowest BCUT2D eigenvalue weighted by molar-refractivity contribution is -0.304. The van der Waals surface area contributed by atoms with Gasteiger partial charge in [0.25, 0.3) is 12.1 Å². The molecule has 2 rings (SSSR count). The number of hydrogen-bond donors (Lipinski definition) is 1. The molecule has 1 atom stereocenters. The summed E-state index contributed by atoms with van der Waals surface area (Å²) in [5, 5.41) is 2.62. The highest BCUT2D eigenvalue weighted by molar-refractivity contribution is 5.94. The van der Waals surface area contributed by atoms with Crippen molar-refractivity contribution < 1.29 is 35.9 Å². The Morgan fingerprint density at radius 2 is 1.56 bits per heavy atom. The minimum absolute atomic E-state index is 0.0892. The van der Waals surface area contributed by atoms with E-state index in [-0.39, 0.29) is 5.56 Å². The molecule has 0 spiro atoms. The van der Waals surface area contributed by atoms with Crippen LogP contribution in [0.1, 0.15) is 15.9 Å². The van der Waals surface area contributed by atoms with Crippen LogP contribution in [0.2, 0.25) is 0 Å². The molecule has 0 fully saturated rings. The molecule has 1 unspecified atom stereocenters. The van der Waals surface area contributed by atoms with Crippen molar-refractivity contribution in [3.63, 3.8) is 0 Å². The van der Waals surface area contributed by atoms with Crippen LogP contribution in [-0.2, 0) is 6.42 Å². The Hall–Kier alpha value is -2.71. The molecule has 0 aliphatic heterocycles. The van der Waals surface area contributed by atoms with Crippen LogP contribution in [-0.4, -0.2) is 30.9 Å². The van der Waals surface area contributed by atoms with E-state index < -0.39 is 30.1 Å². The fourth-order valence-electron chi connectivity index (χ4n) is 2.14. The van der Waals surface area contributed by atoms with Gasteiger partial charge in [-0.15, -0.1) is 0 Å². The first-order valence-electron chi connectivity index (χ1n) is 7.79. The molecule has 2 aromatic rings. The molecule has 0 heterocycles. The fraction of sp³-hybridized carbons (Fsp3) is 0.278. The van der Waals surface area contributed by atoms with Gasteiger partial charge in [0.15, 0.2) is 0 Å². The van der Waals surface area contributed by atoms with Crippen LogP contribution in [0.15, 0.2) is 54.6 Å². The monoisotopic (exact) mass is 391 g/mol. The van der Waals surface area contributed by atoms with Crippen molar-refractivity contribution in [3.05, 3.63) is 65.7 Å². The second-order valence-corrected chi connectivity index (χ2v) is 5.58. The number of alkyl halides is 6. The van der Waals surface area contributed by atoms with Crippen molar-refractivity contribution in [2.24, 2.45) is 0 Å². The molecule has 0 saturated carbocycles. The molecule has 2 aromatic carbocycles. The molecule has 27 heavy (non-hydrogen) atoms. The molecule has 0 saturated heterocycles. The average Bonchev–Trinajstić information content (AvgIpc) is 2.61. The van der Waals surface area contributed by atoms with Gasteiger partial charge in [-0.3, -0.25) is 4.79 Å². The van der Waals surface area contributed by atoms with Crippen LogP contribution < -0.4 is 10.1 Å². The molecule has 1 amide bonds. The van der Waals surface area contributed by atoms with E-state index in [2.05, 4.69) is 10.1 Å². The molecular weight excluding hydrogens is 376 g/mol. The number of hydrogen-bond acceptors (Lipinski definition) is 2. The second kappa shape index (κ2) is 8.32. The van der Waals surface area contributed by atoms with E-state index in [4.69, 9.17) is 0 Å². The summed E-state index contributed by atoms with van der Waals surface area (Å²) < 4.78 is 79.2. The maximum absolute atomic E-state index is 13.2. The molecule has 146 valence electrons. The zero-order valence-corrected chi connectivity index (χ0v) is 13.8. The molecule has 9 heteroatoms. The van der Waals surface area contributed by atoms with Gasteiger partial charge >= 0.3 is 12.3 Å². The molecule has 0 aromatic heterocycles. The molecule has 0 aliphatic rings. The van der Waals surface area contributed by atoms with Gasteiger partial charge in [-0.2, -0.15) is 22.0 Å². The zero-order chi connectivity index (χ0) is 20.1. The van der Waals surface area contributed by atoms with Crippen LogP contribution in [0.5, 0.6) is 5.75 Å². The van der Waals surface area contributed by atoms with E-state index in [1.165, 1.54) is 0 Å². The lowest BCUT2D eigenvalue weighted by atomic mass is 10.1. The van der Waals surface area contributed by atoms with Crippen molar-refractivity contribution in [3.8, 4) is 5.75 Å². The van der Waals surface area contributed by atoms with Crippen molar-refractivity contribution in [1.29, 1.82) is 0 Å². The summed E-state index contributed by atoms with van der Waals surface area (Å²) in [6.07, 6.45) is -14.7. The Morgan fingerprint density at radius 3 is 2.11 bits per heavy atom. The summed E-state index contributed by atoms with van der Waals surface area (Å²) >= 11 is 0. The highest BCUT2D eigenvalue weighted by atomic mass is 19.4. The minimum atomic E-state index is -5.76. The average molecular weight is 391 g/mol. The summed E-state index contributed by atoms with van der Waals surface area (Å²) in [6.45, 7) is 0.328. The van der Waals surface area contributed by atoms with Gasteiger partial charge in [-0.1, -0.05) is 30.3 Å². The maximum Gasteiger partial charge on any atom is 0.439 e. The quantitative estimate of drug-likeness (QED) is 0.705. The third-order valence-corrected chi connectivity index (χ3v) is 3.49. The molecule has 0 radical (unpaired) electrons. The van der Waals surface area contributed by atoms with Gasteiger partial charge in [0.05, 0.1) is 0 Å². The van der Waals surface area contributed by atoms with Crippen LogP contribution in [0.3, 0.4) is 0 Å².